The fraction of sp³-hybridized carbons (Fsp3) is 0.476. The van der Waals surface area contributed by atoms with E-state index in [0.717, 1.165) is 51.3 Å². The smallest absolute Gasteiger partial charge is 0.244 e. The molecule has 2 heterocycles. The summed E-state index contributed by atoms with van der Waals surface area (Å²) in [5, 5.41) is 6.51. The van der Waals surface area contributed by atoms with Crippen molar-refractivity contribution in [1.82, 2.24) is 25.1 Å². The number of likely N-dealkylation sites (tertiary alicyclic amines) is 1. The van der Waals surface area contributed by atoms with Crippen LogP contribution in [0.3, 0.4) is 0 Å². The van der Waals surface area contributed by atoms with Gasteiger partial charge in [0.15, 0.2) is 5.96 Å². The number of imidazole rings is 1. The van der Waals surface area contributed by atoms with E-state index in [9.17, 15) is 4.79 Å². The number of hydrogen-bond acceptors (Lipinski definition) is 3. The molecule has 0 saturated carbocycles. The zero-order valence-corrected chi connectivity index (χ0v) is 16.6. The van der Waals surface area contributed by atoms with Crippen molar-refractivity contribution >= 4 is 11.9 Å². The average Bonchev–Trinajstić information content (AvgIpc) is 3.39. The van der Waals surface area contributed by atoms with E-state index in [1.165, 1.54) is 5.56 Å². The highest BCUT2D eigenvalue weighted by Gasteiger charge is 2.17. The summed E-state index contributed by atoms with van der Waals surface area (Å²) in [6.45, 7) is 6.21. The van der Waals surface area contributed by atoms with Crippen LogP contribution in [0.1, 0.15) is 31.2 Å². The van der Waals surface area contributed by atoms with Gasteiger partial charge in [0, 0.05) is 51.5 Å². The largest absolute Gasteiger partial charge is 0.357 e. The fourth-order valence-corrected chi connectivity index (χ4v) is 3.34. The standard InChI is InChI=1S/C21H30N6O/c1-2-22-21(25-16-20(28)26-13-6-7-14-26)24-11-10-19-23-12-15-27(19)17-18-8-4-3-5-9-18/h3-5,8-9,12,15H,2,6-7,10-11,13-14,16-17H2,1H3,(H2,22,24,25). The Morgan fingerprint density at radius 3 is 2.71 bits per heavy atom. The molecule has 7 heteroatoms. The van der Waals surface area contributed by atoms with Gasteiger partial charge in [-0.25, -0.2) is 9.98 Å². The van der Waals surface area contributed by atoms with Gasteiger partial charge in [-0.15, -0.1) is 0 Å². The van der Waals surface area contributed by atoms with Crippen molar-refractivity contribution < 1.29 is 4.79 Å². The van der Waals surface area contributed by atoms with E-state index in [1.54, 1.807) is 0 Å². The molecule has 7 nitrogen and oxygen atoms in total. The Balaban J connectivity index is 1.50. The number of rotatable bonds is 8. The Morgan fingerprint density at radius 1 is 1.18 bits per heavy atom. The second-order valence-electron chi connectivity index (χ2n) is 6.92. The molecule has 2 aromatic rings. The molecule has 0 bridgehead atoms. The predicted molar refractivity (Wildman–Crippen MR) is 111 cm³/mol. The Labute approximate surface area is 166 Å². The SMILES string of the molecule is CCNC(=NCC(=O)N1CCCC1)NCCc1nccn1Cc1ccccc1. The molecule has 3 rings (SSSR count). The van der Waals surface area contributed by atoms with Gasteiger partial charge >= 0.3 is 0 Å². The summed E-state index contributed by atoms with van der Waals surface area (Å²) in [4.78, 5) is 23.0. The van der Waals surface area contributed by atoms with Crippen molar-refractivity contribution in [1.29, 1.82) is 0 Å². The van der Waals surface area contributed by atoms with E-state index in [-0.39, 0.29) is 12.5 Å². The van der Waals surface area contributed by atoms with E-state index < -0.39 is 0 Å². The van der Waals surface area contributed by atoms with Gasteiger partial charge in [-0.2, -0.15) is 0 Å². The zero-order chi connectivity index (χ0) is 19.6. The first-order valence-corrected chi connectivity index (χ1v) is 10.1. The van der Waals surface area contributed by atoms with Gasteiger partial charge in [-0.3, -0.25) is 4.79 Å². The van der Waals surface area contributed by atoms with Crippen LogP contribution < -0.4 is 10.6 Å². The minimum Gasteiger partial charge on any atom is -0.357 e. The number of aliphatic imine (C=N–C) groups is 1. The topological polar surface area (TPSA) is 74.6 Å². The average molecular weight is 383 g/mol. The van der Waals surface area contributed by atoms with E-state index in [2.05, 4.69) is 49.4 Å². The lowest BCUT2D eigenvalue weighted by Gasteiger charge is -2.15. The fourth-order valence-electron chi connectivity index (χ4n) is 3.34. The molecule has 1 aromatic carbocycles. The molecular weight excluding hydrogens is 352 g/mol. The second-order valence-corrected chi connectivity index (χ2v) is 6.92. The number of hydrogen-bond donors (Lipinski definition) is 2. The number of benzene rings is 1. The molecule has 1 amide bonds. The van der Waals surface area contributed by atoms with Crippen LogP contribution in [-0.2, 0) is 17.8 Å². The van der Waals surface area contributed by atoms with Crippen LogP contribution in [0.4, 0.5) is 0 Å². The van der Waals surface area contributed by atoms with Crippen LogP contribution >= 0.6 is 0 Å². The maximum Gasteiger partial charge on any atom is 0.244 e. The van der Waals surface area contributed by atoms with Gasteiger partial charge in [-0.1, -0.05) is 30.3 Å². The van der Waals surface area contributed by atoms with Crippen LogP contribution in [0, 0.1) is 0 Å². The summed E-state index contributed by atoms with van der Waals surface area (Å²) in [7, 11) is 0. The van der Waals surface area contributed by atoms with Crippen LogP contribution in [-0.4, -0.2) is 59.0 Å². The van der Waals surface area contributed by atoms with Gasteiger partial charge in [0.2, 0.25) is 5.91 Å². The van der Waals surface area contributed by atoms with Gasteiger partial charge in [0.1, 0.15) is 12.4 Å². The highest BCUT2D eigenvalue weighted by molar-refractivity contribution is 5.85. The maximum absolute atomic E-state index is 12.2. The quantitative estimate of drug-likeness (QED) is 0.538. The summed E-state index contributed by atoms with van der Waals surface area (Å²) >= 11 is 0. The van der Waals surface area contributed by atoms with Crippen molar-refractivity contribution in [2.75, 3.05) is 32.7 Å². The molecule has 2 N–H and O–H groups in total. The van der Waals surface area contributed by atoms with Crippen molar-refractivity contribution in [2.45, 2.75) is 32.7 Å². The lowest BCUT2D eigenvalue weighted by Crippen LogP contribution is -2.39. The summed E-state index contributed by atoms with van der Waals surface area (Å²) < 4.78 is 2.16. The molecule has 0 aliphatic carbocycles. The van der Waals surface area contributed by atoms with E-state index in [0.29, 0.717) is 12.5 Å². The maximum atomic E-state index is 12.2. The molecule has 28 heavy (non-hydrogen) atoms. The van der Waals surface area contributed by atoms with Gasteiger partial charge < -0.3 is 20.1 Å². The van der Waals surface area contributed by atoms with Crippen LogP contribution in [0.5, 0.6) is 0 Å². The van der Waals surface area contributed by atoms with Gasteiger partial charge in [-0.05, 0) is 25.3 Å². The second kappa shape index (κ2) is 10.5. The zero-order valence-electron chi connectivity index (χ0n) is 16.6. The molecule has 1 aromatic heterocycles. The minimum atomic E-state index is 0.105. The predicted octanol–water partition coefficient (Wildman–Crippen LogP) is 1.65. The molecule has 1 saturated heterocycles. The summed E-state index contributed by atoms with van der Waals surface area (Å²) in [5.41, 5.74) is 1.25. The Bertz CT molecular complexity index is 764. The van der Waals surface area contributed by atoms with Crippen LogP contribution in [0.25, 0.3) is 0 Å². The Morgan fingerprint density at radius 2 is 1.96 bits per heavy atom. The number of carbonyl (C=O) groups is 1. The first kappa shape index (κ1) is 19.9. The highest BCUT2D eigenvalue weighted by atomic mass is 16.2. The molecule has 0 radical (unpaired) electrons. The molecule has 1 aliphatic rings. The number of amides is 1. The Kier molecular flexibility index (Phi) is 7.46. The lowest BCUT2D eigenvalue weighted by atomic mass is 10.2. The number of nitrogens with one attached hydrogen (secondary N) is 2. The number of nitrogens with zero attached hydrogens (tertiary/aromatic N) is 4. The number of guanidine groups is 1. The molecule has 0 unspecified atom stereocenters. The van der Waals surface area contributed by atoms with Crippen molar-refractivity contribution in [3.05, 3.63) is 54.1 Å². The highest BCUT2D eigenvalue weighted by Crippen LogP contribution is 2.07. The first-order chi connectivity index (χ1) is 13.8. The van der Waals surface area contributed by atoms with Gasteiger partial charge in [0.25, 0.3) is 0 Å². The molecule has 0 atom stereocenters. The molecule has 0 spiro atoms. The normalized spacial score (nSPS) is 14.3. The lowest BCUT2D eigenvalue weighted by molar-refractivity contribution is -0.128. The molecule has 150 valence electrons. The first-order valence-electron chi connectivity index (χ1n) is 10.1. The third-order valence-corrected chi connectivity index (χ3v) is 4.81. The summed E-state index contributed by atoms with van der Waals surface area (Å²) in [6, 6.07) is 10.4. The molecular formula is C21H30N6O. The van der Waals surface area contributed by atoms with Crippen LogP contribution in [0.15, 0.2) is 47.7 Å². The van der Waals surface area contributed by atoms with E-state index in [4.69, 9.17) is 0 Å². The monoisotopic (exact) mass is 382 g/mol. The van der Waals surface area contributed by atoms with Crippen molar-refractivity contribution in [3.63, 3.8) is 0 Å². The summed E-state index contributed by atoms with van der Waals surface area (Å²) in [5.74, 6) is 1.81. The third kappa shape index (κ3) is 5.84. The summed E-state index contributed by atoms with van der Waals surface area (Å²) in [6.07, 6.45) is 6.83. The molecule has 1 fully saturated rings. The number of aromatic nitrogens is 2. The van der Waals surface area contributed by atoms with Crippen molar-refractivity contribution in [3.8, 4) is 0 Å². The van der Waals surface area contributed by atoms with Crippen molar-refractivity contribution in [2.24, 2.45) is 4.99 Å². The van der Waals surface area contributed by atoms with Gasteiger partial charge in [0.05, 0.1) is 0 Å². The van der Waals surface area contributed by atoms with Crippen LogP contribution in [0.2, 0.25) is 0 Å². The molecule has 1 aliphatic heterocycles. The minimum absolute atomic E-state index is 0.105. The third-order valence-electron chi connectivity index (χ3n) is 4.81. The number of carbonyl (C=O) groups excluding carboxylic acids is 1. The van der Waals surface area contributed by atoms with E-state index >= 15 is 0 Å². The Hall–Kier alpha value is -2.83. The van der Waals surface area contributed by atoms with E-state index in [1.807, 2.05) is 30.3 Å².